The van der Waals surface area contributed by atoms with Crippen molar-refractivity contribution in [3.63, 3.8) is 0 Å². The number of thiophene rings is 1. The summed E-state index contributed by atoms with van der Waals surface area (Å²) in [5.41, 5.74) is 12.9. The van der Waals surface area contributed by atoms with Crippen LogP contribution in [0, 0.1) is 0 Å². The lowest BCUT2D eigenvalue weighted by Gasteiger charge is -2.25. The topological polar surface area (TPSA) is 0 Å². The Kier molecular flexibility index (Phi) is 7.43. The van der Waals surface area contributed by atoms with Crippen LogP contribution in [0.25, 0.3) is 129 Å². The Morgan fingerprint density at radius 2 is 0.891 bits per heavy atom. The van der Waals surface area contributed by atoms with Crippen molar-refractivity contribution in [1.82, 2.24) is 0 Å². The molecule has 0 saturated heterocycles. The first-order valence-corrected chi connectivity index (χ1v) is 23.2. The Bertz CT molecular complexity index is 4100. The van der Waals surface area contributed by atoms with E-state index < -0.39 is 0 Å². The summed E-state index contributed by atoms with van der Waals surface area (Å²) in [6, 6.07) is 77.7. The molecule has 0 nitrogen and oxygen atoms in total. The quantitative estimate of drug-likeness (QED) is 0.123. The van der Waals surface area contributed by atoms with E-state index in [1.54, 1.807) is 0 Å². The second-order valence-corrected chi connectivity index (χ2v) is 19.3. The van der Waals surface area contributed by atoms with Gasteiger partial charge in [0.25, 0.3) is 0 Å². The van der Waals surface area contributed by atoms with Crippen LogP contribution in [0.4, 0.5) is 0 Å². The maximum atomic E-state index is 2.49. The first-order chi connectivity index (χ1) is 31.5. The normalized spacial score (nSPS) is 13.3. The van der Waals surface area contributed by atoms with E-state index in [-0.39, 0.29) is 5.41 Å². The molecule has 1 aromatic heterocycles. The lowest BCUT2D eigenvalue weighted by molar-refractivity contribution is 0.662. The van der Waals surface area contributed by atoms with Gasteiger partial charge in [-0.2, -0.15) is 0 Å². The fourth-order valence-electron chi connectivity index (χ4n) is 11.8. The van der Waals surface area contributed by atoms with Gasteiger partial charge in [-0.25, -0.2) is 0 Å². The molecule has 0 saturated carbocycles. The number of hydrogen-bond donors (Lipinski definition) is 0. The molecule has 1 heteroatoms. The molecule has 0 atom stereocenters. The molecule has 1 heterocycles. The summed E-state index contributed by atoms with van der Waals surface area (Å²) in [6.07, 6.45) is 0. The van der Waals surface area contributed by atoms with Crippen LogP contribution in [0.3, 0.4) is 0 Å². The molecule has 64 heavy (non-hydrogen) atoms. The number of hydrogen-bond acceptors (Lipinski definition) is 1. The van der Waals surface area contributed by atoms with Crippen molar-refractivity contribution in [2.45, 2.75) is 19.3 Å². The third-order valence-electron chi connectivity index (χ3n) is 14.6. The molecule has 14 rings (SSSR count). The highest BCUT2D eigenvalue weighted by Gasteiger charge is 2.38. The van der Waals surface area contributed by atoms with Crippen LogP contribution in [-0.4, -0.2) is 0 Å². The Morgan fingerprint density at radius 1 is 0.328 bits per heavy atom. The van der Waals surface area contributed by atoms with Crippen LogP contribution < -0.4 is 0 Å². The zero-order valence-corrected chi connectivity index (χ0v) is 36.4. The molecule has 12 aromatic carbocycles. The number of fused-ring (bicyclic) bond motifs is 15. The zero-order valence-electron chi connectivity index (χ0n) is 35.5. The maximum absolute atomic E-state index is 2.49. The van der Waals surface area contributed by atoms with E-state index in [0.29, 0.717) is 0 Å². The SMILES string of the molecule is CC1(C)c2ccc(-c3c4ccccc4c(-c4cccc5ccccc45)c4ccccc34)cc2-c2cccc(-c3ccc4c(c3)c3ccccc3c3c5cc6ccccc6cc5sc43)c21. The van der Waals surface area contributed by atoms with E-state index in [2.05, 4.69) is 220 Å². The predicted octanol–water partition coefficient (Wildman–Crippen LogP) is 18.3. The van der Waals surface area contributed by atoms with Crippen molar-refractivity contribution in [3.05, 3.63) is 217 Å². The van der Waals surface area contributed by atoms with Gasteiger partial charge in [-0.05, 0) is 139 Å². The Hall–Kier alpha value is -7.58. The highest BCUT2D eigenvalue weighted by molar-refractivity contribution is 7.27. The van der Waals surface area contributed by atoms with Gasteiger partial charge in [-0.15, -0.1) is 11.3 Å². The van der Waals surface area contributed by atoms with Gasteiger partial charge >= 0.3 is 0 Å². The van der Waals surface area contributed by atoms with Crippen LogP contribution >= 0.6 is 11.3 Å². The van der Waals surface area contributed by atoms with E-state index >= 15 is 0 Å². The van der Waals surface area contributed by atoms with Gasteiger partial charge < -0.3 is 0 Å². The third kappa shape index (κ3) is 4.93. The lowest BCUT2D eigenvalue weighted by atomic mass is 9.78. The average Bonchev–Trinajstić information content (AvgIpc) is 3.83. The van der Waals surface area contributed by atoms with Crippen LogP contribution in [0.15, 0.2) is 206 Å². The average molecular weight is 829 g/mol. The molecule has 13 aromatic rings. The Balaban J connectivity index is 0.964. The highest BCUT2D eigenvalue weighted by atomic mass is 32.1. The summed E-state index contributed by atoms with van der Waals surface area (Å²) >= 11 is 1.93. The fraction of sp³-hybridized carbons (Fsp3) is 0.0476. The molecule has 298 valence electrons. The molecule has 0 N–H and O–H groups in total. The molecular weight excluding hydrogens is 789 g/mol. The van der Waals surface area contributed by atoms with Gasteiger partial charge in [0.05, 0.1) is 0 Å². The van der Waals surface area contributed by atoms with Crippen molar-refractivity contribution in [2.24, 2.45) is 0 Å². The number of benzene rings is 12. The van der Waals surface area contributed by atoms with Crippen LogP contribution in [0.5, 0.6) is 0 Å². The van der Waals surface area contributed by atoms with Gasteiger partial charge in [0.15, 0.2) is 0 Å². The first-order valence-electron chi connectivity index (χ1n) is 22.4. The van der Waals surface area contributed by atoms with Gasteiger partial charge in [0.1, 0.15) is 0 Å². The molecule has 1 aliphatic carbocycles. The zero-order chi connectivity index (χ0) is 42.3. The lowest BCUT2D eigenvalue weighted by Crippen LogP contribution is -2.16. The molecule has 0 bridgehead atoms. The minimum atomic E-state index is -0.198. The third-order valence-corrected chi connectivity index (χ3v) is 15.8. The van der Waals surface area contributed by atoms with E-state index in [9.17, 15) is 0 Å². The summed E-state index contributed by atoms with van der Waals surface area (Å²) in [4.78, 5) is 0. The molecule has 0 fully saturated rings. The highest BCUT2D eigenvalue weighted by Crippen LogP contribution is 2.55. The molecule has 0 amide bonds. The van der Waals surface area contributed by atoms with Crippen LogP contribution in [-0.2, 0) is 5.41 Å². The molecule has 0 radical (unpaired) electrons. The van der Waals surface area contributed by atoms with Crippen molar-refractivity contribution < 1.29 is 0 Å². The molecule has 0 unspecified atom stereocenters. The van der Waals surface area contributed by atoms with E-state index in [4.69, 9.17) is 0 Å². The van der Waals surface area contributed by atoms with Crippen LogP contribution in [0.2, 0.25) is 0 Å². The van der Waals surface area contributed by atoms with Gasteiger partial charge in [0, 0.05) is 31.0 Å². The summed E-state index contributed by atoms with van der Waals surface area (Å²) in [5, 5.41) is 18.2. The van der Waals surface area contributed by atoms with E-state index in [1.807, 2.05) is 11.3 Å². The summed E-state index contributed by atoms with van der Waals surface area (Å²) in [6.45, 7) is 4.84. The van der Waals surface area contributed by atoms with Crippen molar-refractivity contribution in [1.29, 1.82) is 0 Å². The monoisotopic (exact) mass is 828 g/mol. The van der Waals surface area contributed by atoms with E-state index in [1.165, 1.54) is 140 Å². The smallest absolute Gasteiger partial charge is 0.0440 e. The summed E-state index contributed by atoms with van der Waals surface area (Å²) < 4.78 is 2.71. The second-order valence-electron chi connectivity index (χ2n) is 18.3. The Morgan fingerprint density at radius 3 is 1.64 bits per heavy atom. The van der Waals surface area contributed by atoms with E-state index in [0.717, 1.165) is 0 Å². The summed E-state index contributed by atoms with van der Waals surface area (Å²) in [5.74, 6) is 0. The standard InChI is InChI=1S/C63H40S/c1-63(2)56-32-30-41(58-47-22-9-11-24-49(47)59(50-25-12-10-23-48(50)58)45-27-13-18-37-15-5-6-19-42(37)45)35-54(56)51-28-14-26-43(61(51)63)40-29-31-52-53(34-40)44-20-7-8-21-46(44)60-55-33-38-16-3-4-17-39(38)36-57(55)64-62(52)60/h3-36H,1-2H3. The van der Waals surface area contributed by atoms with Crippen LogP contribution in [0.1, 0.15) is 25.0 Å². The molecule has 0 aliphatic heterocycles. The molecular formula is C63H40S. The minimum Gasteiger partial charge on any atom is -0.134 e. The van der Waals surface area contributed by atoms with Crippen molar-refractivity contribution in [2.75, 3.05) is 0 Å². The van der Waals surface area contributed by atoms with Gasteiger partial charge in [-0.1, -0.05) is 196 Å². The van der Waals surface area contributed by atoms with Gasteiger partial charge in [0.2, 0.25) is 0 Å². The second kappa shape index (κ2) is 13.2. The predicted molar refractivity (Wildman–Crippen MR) is 278 cm³/mol. The summed E-state index contributed by atoms with van der Waals surface area (Å²) in [7, 11) is 0. The molecule has 0 spiro atoms. The fourth-order valence-corrected chi connectivity index (χ4v) is 13.1. The van der Waals surface area contributed by atoms with Gasteiger partial charge in [-0.3, -0.25) is 0 Å². The minimum absolute atomic E-state index is 0.198. The number of rotatable bonds is 3. The largest absolute Gasteiger partial charge is 0.134 e. The maximum Gasteiger partial charge on any atom is 0.0440 e. The van der Waals surface area contributed by atoms with Crippen molar-refractivity contribution >= 4 is 96.1 Å². The van der Waals surface area contributed by atoms with Crippen molar-refractivity contribution in [3.8, 4) is 44.5 Å². The Labute approximate surface area is 375 Å². The molecule has 1 aliphatic rings. The first kappa shape index (κ1) is 36.0.